The predicted molar refractivity (Wildman–Crippen MR) is 87.5 cm³/mol. The third-order valence-electron chi connectivity index (χ3n) is 2.89. The molecule has 5 nitrogen and oxygen atoms in total. The third kappa shape index (κ3) is 4.82. The Hall–Kier alpha value is -0.460. The molecular formula is C12H20BrCl2N3O2. The maximum absolute atomic E-state index is 11.5. The molecule has 0 aromatic heterocycles. The van der Waals surface area contributed by atoms with Gasteiger partial charge in [0.2, 0.25) is 0 Å². The zero-order valence-corrected chi connectivity index (χ0v) is 15.2. The van der Waals surface area contributed by atoms with Crippen LogP contribution in [-0.2, 0) is 0 Å². The lowest BCUT2D eigenvalue weighted by Crippen LogP contribution is -2.37. The molecule has 0 fully saturated rings. The average molecular weight is 389 g/mol. The monoisotopic (exact) mass is 387 g/mol. The average Bonchev–Trinajstić information content (AvgIpc) is 2.40. The second-order valence-electron chi connectivity index (χ2n) is 3.85. The van der Waals surface area contributed by atoms with Gasteiger partial charge in [0, 0.05) is 26.2 Å². The SMILES string of the molecule is CCN(CC)C(=C(/C(Cl)=C(\Cl)Br)[N+](=O)[O-])N(CC)CC. The Balaban J connectivity index is 6.28. The largest absolute Gasteiger partial charge is 0.353 e. The first kappa shape index (κ1) is 19.5. The minimum absolute atomic E-state index is 0.0303. The van der Waals surface area contributed by atoms with Crippen LogP contribution in [0.5, 0.6) is 0 Å². The van der Waals surface area contributed by atoms with E-state index in [9.17, 15) is 10.1 Å². The fraction of sp³-hybridized carbons (Fsp3) is 0.667. The summed E-state index contributed by atoms with van der Waals surface area (Å²) in [4.78, 5) is 14.8. The lowest BCUT2D eigenvalue weighted by Gasteiger charge is -2.32. The molecule has 0 aromatic rings. The number of nitro groups is 1. The number of hydrogen-bond donors (Lipinski definition) is 0. The number of halogens is 3. The second-order valence-corrected chi connectivity index (χ2v) is 5.85. The predicted octanol–water partition coefficient (Wildman–Crippen LogP) is 4.16. The summed E-state index contributed by atoms with van der Waals surface area (Å²) in [6.45, 7) is 10.3. The quantitative estimate of drug-likeness (QED) is 0.356. The van der Waals surface area contributed by atoms with Crippen LogP contribution >= 0.6 is 39.1 Å². The van der Waals surface area contributed by atoms with E-state index in [1.165, 1.54) is 0 Å². The fourth-order valence-corrected chi connectivity index (χ4v) is 2.33. The highest BCUT2D eigenvalue weighted by Crippen LogP contribution is 2.31. The Morgan fingerprint density at radius 2 is 1.40 bits per heavy atom. The molecule has 0 atom stereocenters. The van der Waals surface area contributed by atoms with E-state index in [0.717, 1.165) is 0 Å². The lowest BCUT2D eigenvalue weighted by molar-refractivity contribution is -0.423. The summed E-state index contributed by atoms with van der Waals surface area (Å²) in [7, 11) is 0. The number of rotatable bonds is 8. The molecule has 20 heavy (non-hydrogen) atoms. The standard InChI is InChI=1S/C12H20BrCl2N3O2/c1-5-16(6-2)12(17(7-3)8-4)10(18(19)20)9(14)11(13)15/h5-8H2,1-4H3/b11-9+. The molecule has 0 aliphatic rings. The number of allylic oxidation sites excluding steroid dienone is 1. The van der Waals surface area contributed by atoms with E-state index in [-0.39, 0.29) is 14.7 Å². The molecule has 0 N–H and O–H groups in total. The Bertz CT molecular complexity index is 388. The van der Waals surface area contributed by atoms with Crippen molar-refractivity contribution in [3.63, 3.8) is 0 Å². The molecule has 0 radical (unpaired) electrons. The minimum atomic E-state index is -0.488. The highest BCUT2D eigenvalue weighted by atomic mass is 79.9. The van der Waals surface area contributed by atoms with Crippen molar-refractivity contribution in [2.45, 2.75) is 27.7 Å². The molecule has 0 aliphatic carbocycles. The zero-order valence-electron chi connectivity index (χ0n) is 12.1. The molecule has 0 rings (SSSR count). The molecule has 8 heteroatoms. The van der Waals surface area contributed by atoms with Gasteiger partial charge in [0.15, 0.2) is 5.82 Å². The van der Waals surface area contributed by atoms with Gasteiger partial charge in [0.25, 0.3) is 0 Å². The first-order valence-electron chi connectivity index (χ1n) is 6.45. The van der Waals surface area contributed by atoms with Gasteiger partial charge >= 0.3 is 5.70 Å². The molecule has 0 spiro atoms. The molecule has 0 bridgehead atoms. The molecule has 0 amide bonds. The first-order chi connectivity index (χ1) is 9.35. The summed E-state index contributed by atoms with van der Waals surface area (Å²) in [5.41, 5.74) is -0.180. The van der Waals surface area contributed by atoms with Crippen molar-refractivity contribution in [3.05, 3.63) is 30.6 Å². The lowest BCUT2D eigenvalue weighted by atomic mass is 10.3. The molecule has 0 aliphatic heterocycles. The summed E-state index contributed by atoms with van der Waals surface area (Å²) >= 11 is 14.8. The van der Waals surface area contributed by atoms with Gasteiger partial charge in [-0.05, 0) is 43.6 Å². The Labute approximate surface area is 138 Å². The summed E-state index contributed by atoms with van der Waals surface area (Å²) in [6, 6.07) is 0. The highest BCUT2D eigenvalue weighted by molar-refractivity contribution is 9.12. The van der Waals surface area contributed by atoms with Crippen molar-refractivity contribution in [1.82, 2.24) is 9.80 Å². The van der Waals surface area contributed by atoms with Crippen LogP contribution in [0.25, 0.3) is 0 Å². The van der Waals surface area contributed by atoms with E-state index in [4.69, 9.17) is 23.2 Å². The van der Waals surface area contributed by atoms with E-state index < -0.39 is 4.92 Å². The van der Waals surface area contributed by atoms with E-state index >= 15 is 0 Å². The molecular weight excluding hydrogens is 369 g/mol. The zero-order chi connectivity index (χ0) is 15.9. The first-order valence-corrected chi connectivity index (χ1v) is 8.00. The van der Waals surface area contributed by atoms with E-state index in [0.29, 0.717) is 32.0 Å². The van der Waals surface area contributed by atoms with Crippen LogP contribution in [0.1, 0.15) is 27.7 Å². The van der Waals surface area contributed by atoms with Gasteiger partial charge in [0.05, 0.1) is 4.92 Å². The number of hydrogen-bond acceptors (Lipinski definition) is 4. The smallest absolute Gasteiger partial charge is 0.329 e. The summed E-state index contributed by atoms with van der Waals surface area (Å²) in [5.74, 6) is 0.493. The van der Waals surface area contributed by atoms with Crippen LogP contribution in [0.3, 0.4) is 0 Å². The summed E-state index contributed by atoms with van der Waals surface area (Å²) < 4.78 is 0.0303. The van der Waals surface area contributed by atoms with Crippen molar-refractivity contribution in [3.8, 4) is 0 Å². The molecule has 0 unspecified atom stereocenters. The van der Waals surface area contributed by atoms with Gasteiger partial charge in [-0.25, -0.2) is 0 Å². The van der Waals surface area contributed by atoms with E-state index in [1.54, 1.807) is 0 Å². The van der Waals surface area contributed by atoms with Gasteiger partial charge in [-0.1, -0.05) is 23.2 Å². The van der Waals surface area contributed by atoms with Crippen molar-refractivity contribution in [2.24, 2.45) is 0 Å². The van der Waals surface area contributed by atoms with Crippen LogP contribution in [0, 0.1) is 10.1 Å². The van der Waals surface area contributed by atoms with Crippen molar-refractivity contribution in [1.29, 1.82) is 0 Å². The van der Waals surface area contributed by atoms with Crippen LogP contribution in [0.2, 0.25) is 0 Å². The highest BCUT2D eigenvalue weighted by Gasteiger charge is 2.30. The molecule has 0 saturated carbocycles. The van der Waals surface area contributed by atoms with Crippen molar-refractivity contribution >= 4 is 39.1 Å². The second kappa shape index (κ2) is 9.47. The fourth-order valence-electron chi connectivity index (χ4n) is 1.90. The minimum Gasteiger partial charge on any atom is -0.353 e. The topological polar surface area (TPSA) is 49.6 Å². The maximum atomic E-state index is 11.5. The normalized spacial score (nSPS) is 11.8. The third-order valence-corrected chi connectivity index (χ3v) is 4.17. The van der Waals surface area contributed by atoms with E-state index in [2.05, 4.69) is 15.9 Å². The van der Waals surface area contributed by atoms with Gasteiger partial charge < -0.3 is 9.80 Å². The molecule has 0 aromatic carbocycles. The molecule has 0 heterocycles. The van der Waals surface area contributed by atoms with Crippen LogP contribution in [-0.4, -0.2) is 40.9 Å². The van der Waals surface area contributed by atoms with Crippen molar-refractivity contribution in [2.75, 3.05) is 26.2 Å². The maximum Gasteiger partial charge on any atom is 0.329 e. The number of nitrogens with zero attached hydrogens (tertiary/aromatic N) is 3. The van der Waals surface area contributed by atoms with Crippen LogP contribution < -0.4 is 0 Å². The molecule has 116 valence electrons. The summed E-state index contributed by atoms with van der Waals surface area (Å²) in [6.07, 6.45) is 0. The van der Waals surface area contributed by atoms with Gasteiger partial charge in [-0.2, -0.15) is 0 Å². The van der Waals surface area contributed by atoms with Gasteiger partial charge in [0.1, 0.15) is 8.97 Å². The Morgan fingerprint density at radius 1 is 1.05 bits per heavy atom. The van der Waals surface area contributed by atoms with Gasteiger partial charge in [-0.15, -0.1) is 0 Å². The molecule has 0 saturated heterocycles. The van der Waals surface area contributed by atoms with Crippen LogP contribution in [0.15, 0.2) is 20.5 Å². The van der Waals surface area contributed by atoms with Crippen molar-refractivity contribution < 1.29 is 4.92 Å². The Kier molecular flexibility index (Phi) is 9.25. The van der Waals surface area contributed by atoms with E-state index in [1.807, 2.05) is 37.5 Å². The summed E-state index contributed by atoms with van der Waals surface area (Å²) in [5, 5.41) is 11.4. The Morgan fingerprint density at radius 3 is 1.60 bits per heavy atom. The van der Waals surface area contributed by atoms with Crippen LogP contribution in [0.4, 0.5) is 0 Å². The van der Waals surface area contributed by atoms with Gasteiger partial charge in [-0.3, -0.25) is 10.1 Å².